The first-order chi connectivity index (χ1) is 18.6. The third kappa shape index (κ3) is 8.26. The summed E-state index contributed by atoms with van der Waals surface area (Å²) in [5.41, 5.74) is 0.502. The maximum atomic E-state index is 13.6. The summed E-state index contributed by atoms with van der Waals surface area (Å²) in [5, 5.41) is 21.5. The zero-order valence-electron chi connectivity index (χ0n) is 21.9. The van der Waals surface area contributed by atoms with Gasteiger partial charge in [-0.25, -0.2) is 9.18 Å². The van der Waals surface area contributed by atoms with Gasteiger partial charge in [-0.15, -0.1) is 0 Å². The first-order valence-corrected chi connectivity index (χ1v) is 12.4. The molecule has 1 aliphatic rings. The molecule has 13 heteroatoms. The maximum absolute atomic E-state index is 13.6. The zero-order chi connectivity index (χ0) is 28.5. The molecule has 1 aromatic carbocycles. The van der Waals surface area contributed by atoms with Crippen LogP contribution >= 0.6 is 0 Å². The van der Waals surface area contributed by atoms with Crippen molar-refractivity contribution >= 4 is 23.8 Å². The molecule has 0 unspecified atom stereocenters. The van der Waals surface area contributed by atoms with Crippen LogP contribution in [0.3, 0.4) is 0 Å². The Hall–Kier alpha value is -4.47. The molecule has 1 fully saturated rings. The van der Waals surface area contributed by atoms with Gasteiger partial charge in [0.05, 0.1) is 6.04 Å². The number of nitrogens with zero attached hydrogens (tertiary/aromatic N) is 3. The Morgan fingerprint density at radius 1 is 1.28 bits per heavy atom. The van der Waals surface area contributed by atoms with Crippen LogP contribution in [-0.2, 0) is 20.7 Å². The number of carbonyl (C=O) groups excluding carboxylic acids is 4. The Kier molecular flexibility index (Phi) is 9.97. The first-order valence-electron chi connectivity index (χ1n) is 12.4. The minimum absolute atomic E-state index is 0.0240. The van der Waals surface area contributed by atoms with E-state index < -0.39 is 47.8 Å². The number of piperidine rings is 1. The van der Waals surface area contributed by atoms with Crippen LogP contribution < -0.4 is 16.0 Å². The topological polar surface area (TPSA) is 167 Å². The summed E-state index contributed by atoms with van der Waals surface area (Å²) in [7, 11) is 2.89. The van der Waals surface area contributed by atoms with Crippen molar-refractivity contribution in [2.75, 3.05) is 20.6 Å². The number of nitrogens with one attached hydrogen (secondary N) is 3. The Morgan fingerprint density at radius 3 is 2.59 bits per heavy atom. The van der Waals surface area contributed by atoms with E-state index in [2.05, 4.69) is 21.1 Å². The highest BCUT2D eigenvalue weighted by Gasteiger charge is 2.35. The van der Waals surface area contributed by atoms with Gasteiger partial charge in [-0.05, 0) is 43.9 Å². The van der Waals surface area contributed by atoms with E-state index in [9.17, 15) is 28.8 Å². The number of hydrogen-bond donors (Lipinski definition) is 3. The third-order valence-electron chi connectivity index (χ3n) is 6.19. The Morgan fingerprint density at radius 2 is 2.00 bits per heavy atom. The number of aryl methyl sites for hydroxylation is 1. The fourth-order valence-electron chi connectivity index (χ4n) is 4.09. The molecule has 12 nitrogen and oxygen atoms in total. The second kappa shape index (κ2) is 13.4. The normalized spacial score (nSPS) is 17.1. The van der Waals surface area contributed by atoms with Crippen LogP contribution in [0.1, 0.15) is 41.1 Å². The van der Waals surface area contributed by atoms with Crippen molar-refractivity contribution < 1.29 is 32.8 Å². The standard InChI is InChI=1S/C26H31FN6O6/c1-15-11-21(32-39-15)25(36)31-20(12-16-6-8-18(27)9-7-16)24(35)30-19(13-17-5-4-10-29-23(17)34)22(14-28)38-26(37)33(2)3/h6-9,11,17,19-20,22H,4-5,10,12-13H2,1-3H3,(H,29,34)(H,30,35)(H,31,36)/t17-,19-,20-,22-/m0/s1. The van der Waals surface area contributed by atoms with Gasteiger partial charge >= 0.3 is 6.09 Å². The van der Waals surface area contributed by atoms with Crippen LogP contribution in [0.2, 0.25) is 0 Å². The highest BCUT2D eigenvalue weighted by molar-refractivity contribution is 5.96. The molecule has 3 rings (SSSR count). The molecular weight excluding hydrogens is 511 g/mol. The van der Waals surface area contributed by atoms with Crippen molar-refractivity contribution in [3.63, 3.8) is 0 Å². The lowest BCUT2D eigenvalue weighted by molar-refractivity contribution is -0.129. The molecule has 1 aromatic heterocycles. The van der Waals surface area contributed by atoms with E-state index in [-0.39, 0.29) is 24.4 Å². The number of ether oxygens (including phenoxy) is 1. The number of halogens is 1. The Balaban J connectivity index is 1.86. The summed E-state index contributed by atoms with van der Waals surface area (Å²) in [6, 6.07) is 6.44. The summed E-state index contributed by atoms with van der Waals surface area (Å²) in [4.78, 5) is 52.2. The van der Waals surface area contributed by atoms with Crippen LogP contribution in [-0.4, -0.2) is 72.7 Å². The SMILES string of the molecule is Cc1cc(C(=O)N[C@@H](Cc2ccc(F)cc2)C(=O)N[C@@H](C[C@@H]2CCCNC2=O)[C@H](C#N)OC(=O)N(C)C)no1. The summed E-state index contributed by atoms with van der Waals surface area (Å²) in [6.45, 7) is 2.13. The highest BCUT2D eigenvalue weighted by atomic mass is 19.1. The van der Waals surface area contributed by atoms with Crippen molar-refractivity contribution in [2.45, 2.75) is 50.8 Å². The second-order valence-corrected chi connectivity index (χ2v) is 9.49. The molecular formula is C26H31FN6O6. The lowest BCUT2D eigenvalue weighted by Gasteiger charge is -2.30. The van der Waals surface area contributed by atoms with Crippen molar-refractivity contribution in [3.05, 3.63) is 53.2 Å². The van der Waals surface area contributed by atoms with Crippen molar-refractivity contribution in [1.82, 2.24) is 26.0 Å². The van der Waals surface area contributed by atoms with Crippen LogP contribution in [0.5, 0.6) is 0 Å². The monoisotopic (exact) mass is 542 g/mol. The number of hydrogen-bond acceptors (Lipinski definition) is 8. The van der Waals surface area contributed by atoms with Gasteiger partial charge in [-0.2, -0.15) is 5.26 Å². The molecule has 0 saturated carbocycles. The van der Waals surface area contributed by atoms with Gasteiger partial charge in [0, 0.05) is 39.0 Å². The maximum Gasteiger partial charge on any atom is 0.410 e. The third-order valence-corrected chi connectivity index (χ3v) is 6.19. The van der Waals surface area contributed by atoms with Gasteiger partial charge in [0.15, 0.2) is 5.69 Å². The molecule has 208 valence electrons. The summed E-state index contributed by atoms with van der Waals surface area (Å²) >= 11 is 0. The van der Waals surface area contributed by atoms with E-state index in [1.165, 1.54) is 44.4 Å². The molecule has 2 aromatic rings. The highest BCUT2D eigenvalue weighted by Crippen LogP contribution is 2.21. The van der Waals surface area contributed by atoms with Crippen LogP contribution in [0, 0.1) is 30.0 Å². The summed E-state index contributed by atoms with van der Waals surface area (Å²) < 4.78 is 23.7. The minimum Gasteiger partial charge on any atom is -0.428 e. The summed E-state index contributed by atoms with van der Waals surface area (Å²) in [6.07, 6.45) is -0.980. The predicted octanol–water partition coefficient (Wildman–Crippen LogP) is 1.45. The molecule has 4 atom stereocenters. The second-order valence-electron chi connectivity index (χ2n) is 9.49. The van der Waals surface area contributed by atoms with E-state index >= 15 is 0 Å². The number of aromatic nitrogens is 1. The molecule has 0 bridgehead atoms. The van der Waals surface area contributed by atoms with Crippen molar-refractivity contribution in [3.8, 4) is 6.07 Å². The van der Waals surface area contributed by atoms with Crippen molar-refractivity contribution in [1.29, 1.82) is 5.26 Å². The largest absolute Gasteiger partial charge is 0.428 e. The van der Waals surface area contributed by atoms with Gasteiger partial charge in [0.2, 0.25) is 17.9 Å². The van der Waals surface area contributed by atoms with E-state index in [1.54, 1.807) is 6.92 Å². The van der Waals surface area contributed by atoms with Gasteiger partial charge in [-0.1, -0.05) is 17.3 Å². The fourth-order valence-corrected chi connectivity index (χ4v) is 4.09. The van der Waals surface area contributed by atoms with E-state index in [0.29, 0.717) is 30.7 Å². The van der Waals surface area contributed by atoms with E-state index in [4.69, 9.17) is 9.26 Å². The van der Waals surface area contributed by atoms with Crippen molar-refractivity contribution in [2.24, 2.45) is 5.92 Å². The summed E-state index contributed by atoms with van der Waals surface area (Å²) in [5.74, 6) is -2.21. The molecule has 0 radical (unpaired) electrons. The molecule has 0 aliphatic carbocycles. The molecule has 3 N–H and O–H groups in total. The average Bonchev–Trinajstić information content (AvgIpc) is 3.35. The van der Waals surface area contributed by atoms with E-state index in [0.717, 1.165) is 4.90 Å². The zero-order valence-corrected chi connectivity index (χ0v) is 21.9. The van der Waals surface area contributed by atoms with Crippen LogP contribution in [0.25, 0.3) is 0 Å². The molecule has 1 saturated heterocycles. The number of amides is 4. The van der Waals surface area contributed by atoms with Gasteiger partial charge in [0.1, 0.15) is 23.7 Å². The molecule has 1 aliphatic heterocycles. The fraction of sp³-hybridized carbons (Fsp3) is 0.462. The Labute approximate surface area is 224 Å². The minimum atomic E-state index is -1.42. The lowest BCUT2D eigenvalue weighted by atomic mass is 9.89. The first kappa shape index (κ1) is 29.1. The lowest BCUT2D eigenvalue weighted by Crippen LogP contribution is -2.55. The molecule has 4 amide bonds. The van der Waals surface area contributed by atoms with Gasteiger partial charge in [-0.3, -0.25) is 14.4 Å². The quantitative estimate of drug-likeness (QED) is 0.406. The number of carbonyl (C=O) groups is 4. The smallest absolute Gasteiger partial charge is 0.410 e. The molecule has 39 heavy (non-hydrogen) atoms. The van der Waals surface area contributed by atoms with Crippen LogP contribution in [0.4, 0.5) is 9.18 Å². The van der Waals surface area contributed by atoms with Gasteiger partial charge < -0.3 is 30.1 Å². The number of nitriles is 1. The van der Waals surface area contributed by atoms with E-state index in [1.807, 2.05) is 6.07 Å². The Bertz CT molecular complexity index is 1220. The average molecular weight is 543 g/mol. The number of benzene rings is 1. The molecule has 2 heterocycles. The predicted molar refractivity (Wildman–Crippen MR) is 134 cm³/mol. The van der Waals surface area contributed by atoms with Crippen LogP contribution in [0.15, 0.2) is 34.9 Å². The molecule has 0 spiro atoms. The number of rotatable bonds is 10. The van der Waals surface area contributed by atoms with Gasteiger partial charge in [0.25, 0.3) is 5.91 Å².